The van der Waals surface area contributed by atoms with Crippen LogP contribution in [-0.4, -0.2) is 7.05 Å². The Balaban J connectivity index is 2.19. The zero-order valence-electron chi connectivity index (χ0n) is 10.9. The van der Waals surface area contributed by atoms with Crippen LogP contribution in [0.25, 0.3) is 0 Å². The summed E-state index contributed by atoms with van der Waals surface area (Å²) in [6, 6.07) is 11.1. The maximum Gasteiger partial charge on any atom is 0.125 e. The second-order valence-corrected chi connectivity index (χ2v) is 5.44. The van der Waals surface area contributed by atoms with Crippen LogP contribution in [0, 0.1) is 0 Å². The molecule has 0 spiro atoms. The second-order valence-electron chi connectivity index (χ2n) is 4.25. The number of halogens is 3. The molecular formula is C15H14Cl3NO. The van der Waals surface area contributed by atoms with Crippen molar-refractivity contribution in [3.05, 3.63) is 62.6 Å². The summed E-state index contributed by atoms with van der Waals surface area (Å²) in [4.78, 5) is 0. The molecule has 0 saturated carbocycles. The van der Waals surface area contributed by atoms with Gasteiger partial charge in [-0.3, -0.25) is 0 Å². The number of nitrogens with one attached hydrogen (secondary N) is 1. The van der Waals surface area contributed by atoms with Crippen LogP contribution >= 0.6 is 34.8 Å². The normalized spacial score (nSPS) is 10.6. The van der Waals surface area contributed by atoms with Crippen LogP contribution in [0.3, 0.4) is 0 Å². The van der Waals surface area contributed by atoms with E-state index in [1.807, 2.05) is 37.4 Å². The summed E-state index contributed by atoms with van der Waals surface area (Å²) in [5, 5.41) is 4.79. The lowest BCUT2D eigenvalue weighted by molar-refractivity contribution is 0.302. The van der Waals surface area contributed by atoms with Crippen LogP contribution in [0.4, 0.5) is 0 Å². The van der Waals surface area contributed by atoms with Gasteiger partial charge in [0, 0.05) is 22.7 Å². The number of rotatable bonds is 5. The van der Waals surface area contributed by atoms with E-state index in [1.54, 1.807) is 6.07 Å². The van der Waals surface area contributed by atoms with Crippen molar-refractivity contribution in [2.24, 2.45) is 0 Å². The molecule has 0 aliphatic heterocycles. The summed E-state index contributed by atoms with van der Waals surface area (Å²) in [6.45, 7) is 0.981. The third-order valence-electron chi connectivity index (χ3n) is 2.84. The third-order valence-corrected chi connectivity index (χ3v) is 4.06. The van der Waals surface area contributed by atoms with Gasteiger partial charge in [-0.2, -0.15) is 0 Å². The van der Waals surface area contributed by atoms with Crippen molar-refractivity contribution in [2.45, 2.75) is 13.2 Å². The first kappa shape index (κ1) is 15.5. The molecule has 0 unspecified atom stereocenters. The Bertz CT molecular complexity index is 602. The van der Waals surface area contributed by atoms with Gasteiger partial charge in [0.25, 0.3) is 0 Å². The minimum atomic E-state index is 0.344. The average molecular weight is 331 g/mol. The van der Waals surface area contributed by atoms with E-state index in [2.05, 4.69) is 5.32 Å². The SMILES string of the molecule is CNCc1c(Cl)cccc1OCc1cccc(Cl)c1Cl. The van der Waals surface area contributed by atoms with Crippen molar-refractivity contribution in [1.82, 2.24) is 5.32 Å². The molecule has 2 nitrogen and oxygen atoms in total. The van der Waals surface area contributed by atoms with Crippen LogP contribution in [0.2, 0.25) is 15.1 Å². The molecule has 2 aromatic rings. The van der Waals surface area contributed by atoms with Gasteiger partial charge in [0.2, 0.25) is 0 Å². The molecule has 20 heavy (non-hydrogen) atoms. The molecule has 0 amide bonds. The molecule has 5 heteroatoms. The minimum absolute atomic E-state index is 0.344. The molecular weight excluding hydrogens is 317 g/mol. The van der Waals surface area contributed by atoms with Gasteiger partial charge < -0.3 is 10.1 Å². The average Bonchev–Trinajstić information content (AvgIpc) is 2.44. The Labute approximate surface area is 133 Å². The highest BCUT2D eigenvalue weighted by Crippen LogP contribution is 2.29. The topological polar surface area (TPSA) is 21.3 Å². The first-order valence-electron chi connectivity index (χ1n) is 6.11. The summed E-state index contributed by atoms with van der Waals surface area (Å²) in [7, 11) is 1.86. The lowest BCUT2D eigenvalue weighted by Crippen LogP contribution is -2.08. The monoisotopic (exact) mass is 329 g/mol. The van der Waals surface area contributed by atoms with E-state index >= 15 is 0 Å². The molecule has 1 N–H and O–H groups in total. The number of ether oxygens (including phenoxy) is 1. The quantitative estimate of drug-likeness (QED) is 0.838. The van der Waals surface area contributed by atoms with Gasteiger partial charge in [-0.25, -0.2) is 0 Å². The number of hydrogen-bond acceptors (Lipinski definition) is 2. The molecule has 0 fully saturated rings. The second kappa shape index (κ2) is 7.19. The summed E-state index contributed by atoms with van der Waals surface area (Å²) in [5.74, 6) is 0.739. The van der Waals surface area contributed by atoms with Gasteiger partial charge in [-0.1, -0.05) is 53.0 Å². The third kappa shape index (κ3) is 3.58. The lowest BCUT2D eigenvalue weighted by atomic mass is 10.2. The van der Waals surface area contributed by atoms with E-state index in [-0.39, 0.29) is 0 Å². The maximum atomic E-state index is 6.18. The van der Waals surface area contributed by atoms with Crippen molar-refractivity contribution >= 4 is 34.8 Å². The van der Waals surface area contributed by atoms with E-state index in [0.29, 0.717) is 28.2 Å². The zero-order valence-corrected chi connectivity index (χ0v) is 13.2. The number of benzene rings is 2. The highest BCUT2D eigenvalue weighted by atomic mass is 35.5. The molecule has 2 aromatic carbocycles. The fraction of sp³-hybridized carbons (Fsp3) is 0.200. The predicted octanol–water partition coefficient (Wildman–Crippen LogP) is 4.95. The Morgan fingerprint density at radius 1 is 1.00 bits per heavy atom. The Morgan fingerprint density at radius 2 is 1.70 bits per heavy atom. The van der Waals surface area contributed by atoms with Crippen LogP contribution in [0.5, 0.6) is 5.75 Å². The van der Waals surface area contributed by atoms with E-state index in [1.165, 1.54) is 0 Å². The first-order valence-corrected chi connectivity index (χ1v) is 7.24. The molecule has 0 aromatic heterocycles. The Morgan fingerprint density at radius 3 is 2.45 bits per heavy atom. The van der Waals surface area contributed by atoms with Crippen molar-refractivity contribution in [3.8, 4) is 5.75 Å². The molecule has 0 aliphatic carbocycles. The molecule has 0 atom stereocenters. The van der Waals surface area contributed by atoms with E-state index in [4.69, 9.17) is 39.5 Å². The Hall–Kier alpha value is -0.930. The summed E-state index contributed by atoms with van der Waals surface area (Å²) in [6.07, 6.45) is 0. The van der Waals surface area contributed by atoms with Crippen LogP contribution in [-0.2, 0) is 13.2 Å². The van der Waals surface area contributed by atoms with Crippen molar-refractivity contribution in [1.29, 1.82) is 0 Å². The molecule has 0 heterocycles. The number of hydrogen-bond donors (Lipinski definition) is 1. The van der Waals surface area contributed by atoms with Crippen LogP contribution in [0.15, 0.2) is 36.4 Å². The molecule has 0 bridgehead atoms. The molecule has 0 radical (unpaired) electrons. The highest BCUT2D eigenvalue weighted by molar-refractivity contribution is 6.42. The zero-order chi connectivity index (χ0) is 14.5. The fourth-order valence-corrected chi connectivity index (χ4v) is 2.45. The van der Waals surface area contributed by atoms with E-state index in [0.717, 1.165) is 16.9 Å². The molecule has 0 saturated heterocycles. The van der Waals surface area contributed by atoms with Crippen molar-refractivity contribution in [2.75, 3.05) is 7.05 Å². The van der Waals surface area contributed by atoms with Gasteiger partial charge in [-0.05, 0) is 25.2 Å². The van der Waals surface area contributed by atoms with Gasteiger partial charge in [0.1, 0.15) is 12.4 Å². The Kier molecular flexibility index (Phi) is 5.55. The van der Waals surface area contributed by atoms with Gasteiger partial charge >= 0.3 is 0 Å². The summed E-state index contributed by atoms with van der Waals surface area (Å²) in [5.41, 5.74) is 1.77. The minimum Gasteiger partial charge on any atom is -0.488 e. The maximum absolute atomic E-state index is 6.18. The molecule has 106 valence electrons. The van der Waals surface area contributed by atoms with Crippen LogP contribution in [0.1, 0.15) is 11.1 Å². The molecule has 2 rings (SSSR count). The highest BCUT2D eigenvalue weighted by Gasteiger charge is 2.09. The largest absolute Gasteiger partial charge is 0.488 e. The molecule has 0 aliphatic rings. The van der Waals surface area contributed by atoms with Gasteiger partial charge in [0.05, 0.1) is 10.0 Å². The standard InChI is InChI=1S/C15H14Cl3NO/c1-19-8-11-12(16)5-3-7-14(11)20-9-10-4-2-6-13(17)15(10)18/h2-7,19H,8-9H2,1H3. The summed E-state index contributed by atoms with van der Waals surface area (Å²) >= 11 is 18.3. The lowest BCUT2D eigenvalue weighted by Gasteiger charge is -2.13. The smallest absolute Gasteiger partial charge is 0.125 e. The summed E-state index contributed by atoms with van der Waals surface area (Å²) < 4.78 is 5.82. The van der Waals surface area contributed by atoms with E-state index < -0.39 is 0 Å². The van der Waals surface area contributed by atoms with Crippen molar-refractivity contribution < 1.29 is 4.74 Å². The van der Waals surface area contributed by atoms with Crippen LogP contribution < -0.4 is 10.1 Å². The first-order chi connectivity index (χ1) is 9.63. The van der Waals surface area contributed by atoms with Gasteiger partial charge in [0.15, 0.2) is 0 Å². The predicted molar refractivity (Wildman–Crippen MR) is 85.0 cm³/mol. The fourth-order valence-electron chi connectivity index (χ4n) is 1.84. The van der Waals surface area contributed by atoms with Gasteiger partial charge in [-0.15, -0.1) is 0 Å². The van der Waals surface area contributed by atoms with E-state index in [9.17, 15) is 0 Å². The van der Waals surface area contributed by atoms with Crippen molar-refractivity contribution in [3.63, 3.8) is 0 Å².